The molecule has 2 aromatic carbocycles. The van der Waals surface area contributed by atoms with Crippen molar-refractivity contribution in [2.24, 2.45) is 0 Å². The third-order valence-electron chi connectivity index (χ3n) is 4.38. The quantitative estimate of drug-likeness (QED) is 0.639. The summed E-state index contributed by atoms with van der Waals surface area (Å²) in [4.78, 5) is 25.6. The fourth-order valence-electron chi connectivity index (χ4n) is 3.00. The summed E-state index contributed by atoms with van der Waals surface area (Å²) >= 11 is 0. The van der Waals surface area contributed by atoms with Gasteiger partial charge in [-0.2, -0.15) is 5.10 Å². The van der Waals surface area contributed by atoms with Crippen molar-refractivity contribution in [3.8, 4) is 5.69 Å². The lowest BCUT2D eigenvalue weighted by atomic mass is 10.2. The van der Waals surface area contributed by atoms with Gasteiger partial charge in [-0.15, -0.1) is 0 Å². The molecule has 8 nitrogen and oxygen atoms in total. The minimum absolute atomic E-state index is 0.128. The van der Waals surface area contributed by atoms with Crippen LogP contribution in [0.15, 0.2) is 67.0 Å². The summed E-state index contributed by atoms with van der Waals surface area (Å²) in [6.45, 7) is 1.58. The molecule has 4 amide bonds. The van der Waals surface area contributed by atoms with E-state index in [9.17, 15) is 9.59 Å². The fourth-order valence-corrected chi connectivity index (χ4v) is 3.00. The number of nitrogens with zero attached hydrogens (tertiary/aromatic N) is 3. The maximum Gasteiger partial charge on any atom is 0.321 e. The molecule has 1 aliphatic heterocycles. The van der Waals surface area contributed by atoms with Gasteiger partial charge in [0, 0.05) is 42.8 Å². The molecule has 0 saturated carbocycles. The van der Waals surface area contributed by atoms with Crippen molar-refractivity contribution in [1.82, 2.24) is 20.4 Å². The van der Waals surface area contributed by atoms with E-state index in [0.717, 1.165) is 16.9 Å². The molecule has 0 unspecified atom stereocenters. The van der Waals surface area contributed by atoms with Crippen molar-refractivity contribution < 1.29 is 9.59 Å². The minimum atomic E-state index is -0.324. The van der Waals surface area contributed by atoms with Crippen LogP contribution in [0.3, 0.4) is 0 Å². The third-order valence-corrected chi connectivity index (χ3v) is 4.38. The molecule has 8 heteroatoms. The first-order chi connectivity index (χ1) is 13.7. The van der Waals surface area contributed by atoms with Gasteiger partial charge in [0.25, 0.3) is 0 Å². The summed E-state index contributed by atoms with van der Waals surface area (Å²) in [6, 6.07) is 16.5. The van der Waals surface area contributed by atoms with Crippen LogP contribution >= 0.6 is 0 Å². The Hall–Kier alpha value is -3.81. The molecule has 3 N–H and O–H groups in total. The van der Waals surface area contributed by atoms with Crippen molar-refractivity contribution >= 4 is 23.4 Å². The van der Waals surface area contributed by atoms with Crippen LogP contribution in [-0.4, -0.2) is 34.9 Å². The molecule has 2 heterocycles. The molecule has 142 valence electrons. The van der Waals surface area contributed by atoms with Gasteiger partial charge < -0.3 is 16.0 Å². The Kier molecular flexibility index (Phi) is 4.92. The molecule has 1 aromatic heterocycles. The van der Waals surface area contributed by atoms with E-state index in [4.69, 9.17) is 0 Å². The van der Waals surface area contributed by atoms with Crippen LogP contribution < -0.4 is 20.9 Å². The van der Waals surface area contributed by atoms with E-state index in [1.54, 1.807) is 34.0 Å². The standard InChI is InChI=1S/C20H20N6O2/c27-19(22-12-15-13-23-26(14-15)17-6-2-1-3-7-17)24-16-5-4-8-18(11-16)25-10-9-21-20(25)28/h1-8,11,13-14H,9-10,12H2,(H,21,28)(H2,22,24,27). The number of amides is 4. The lowest BCUT2D eigenvalue weighted by Crippen LogP contribution is -2.29. The highest BCUT2D eigenvalue weighted by Crippen LogP contribution is 2.21. The van der Waals surface area contributed by atoms with Gasteiger partial charge in [-0.05, 0) is 30.3 Å². The van der Waals surface area contributed by atoms with E-state index in [0.29, 0.717) is 25.3 Å². The largest absolute Gasteiger partial charge is 0.336 e. The lowest BCUT2D eigenvalue weighted by Gasteiger charge is -2.15. The number of urea groups is 2. The number of benzene rings is 2. The van der Waals surface area contributed by atoms with Crippen molar-refractivity contribution in [3.05, 3.63) is 72.6 Å². The Morgan fingerprint density at radius 3 is 2.71 bits per heavy atom. The highest BCUT2D eigenvalue weighted by Gasteiger charge is 2.21. The predicted molar refractivity (Wildman–Crippen MR) is 107 cm³/mol. The third kappa shape index (κ3) is 3.96. The molecule has 0 aliphatic carbocycles. The van der Waals surface area contributed by atoms with Crippen LogP contribution in [0.4, 0.5) is 21.0 Å². The highest BCUT2D eigenvalue weighted by molar-refractivity contribution is 5.95. The normalized spacial score (nSPS) is 13.3. The van der Waals surface area contributed by atoms with Gasteiger partial charge in [-0.1, -0.05) is 24.3 Å². The molecule has 4 rings (SSSR count). The molecule has 0 spiro atoms. The molecular formula is C20H20N6O2. The van der Waals surface area contributed by atoms with Gasteiger partial charge in [0.15, 0.2) is 0 Å². The van der Waals surface area contributed by atoms with Gasteiger partial charge in [0.2, 0.25) is 0 Å². The number of hydrogen-bond acceptors (Lipinski definition) is 3. The summed E-state index contributed by atoms with van der Waals surface area (Å²) in [5.41, 5.74) is 3.22. The van der Waals surface area contributed by atoms with Crippen molar-refractivity contribution in [2.75, 3.05) is 23.3 Å². The zero-order valence-electron chi connectivity index (χ0n) is 15.1. The second-order valence-corrected chi connectivity index (χ2v) is 6.37. The summed E-state index contributed by atoms with van der Waals surface area (Å²) in [5.74, 6) is 0. The van der Waals surface area contributed by atoms with Crippen molar-refractivity contribution in [1.29, 1.82) is 0 Å². The zero-order chi connectivity index (χ0) is 19.3. The van der Waals surface area contributed by atoms with Crippen LogP contribution in [0.1, 0.15) is 5.56 Å². The van der Waals surface area contributed by atoms with Crippen LogP contribution in [-0.2, 0) is 6.54 Å². The number of hydrogen-bond donors (Lipinski definition) is 3. The highest BCUT2D eigenvalue weighted by atomic mass is 16.2. The van der Waals surface area contributed by atoms with Gasteiger partial charge in [-0.3, -0.25) is 4.90 Å². The first-order valence-corrected chi connectivity index (χ1v) is 8.98. The van der Waals surface area contributed by atoms with Crippen LogP contribution in [0.5, 0.6) is 0 Å². The van der Waals surface area contributed by atoms with E-state index in [1.807, 2.05) is 42.6 Å². The topological polar surface area (TPSA) is 91.3 Å². The first kappa shape index (κ1) is 17.6. The van der Waals surface area contributed by atoms with E-state index in [2.05, 4.69) is 21.0 Å². The van der Waals surface area contributed by atoms with Crippen LogP contribution in [0, 0.1) is 0 Å². The average Bonchev–Trinajstić information content (AvgIpc) is 3.36. The summed E-state index contributed by atoms with van der Waals surface area (Å²) in [5, 5.41) is 12.7. The monoisotopic (exact) mass is 376 g/mol. The molecule has 28 heavy (non-hydrogen) atoms. The second kappa shape index (κ2) is 7.83. The van der Waals surface area contributed by atoms with E-state index < -0.39 is 0 Å². The van der Waals surface area contributed by atoms with Crippen LogP contribution in [0.2, 0.25) is 0 Å². The van der Waals surface area contributed by atoms with Crippen molar-refractivity contribution in [2.45, 2.75) is 6.54 Å². The smallest absolute Gasteiger partial charge is 0.321 e. The van der Waals surface area contributed by atoms with Gasteiger partial charge >= 0.3 is 12.1 Å². The minimum Gasteiger partial charge on any atom is -0.336 e. The predicted octanol–water partition coefficient (Wildman–Crippen LogP) is 2.72. The number of para-hydroxylation sites is 1. The summed E-state index contributed by atoms with van der Waals surface area (Å²) < 4.78 is 1.76. The number of nitrogens with one attached hydrogen (secondary N) is 3. The summed E-state index contributed by atoms with van der Waals surface area (Å²) in [6.07, 6.45) is 3.60. The van der Waals surface area contributed by atoms with Gasteiger partial charge in [-0.25, -0.2) is 14.3 Å². The Bertz CT molecular complexity index is 985. The molecular weight excluding hydrogens is 356 g/mol. The number of aromatic nitrogens is 2. The number of carbonyl (C=O) groups excluding carboxylic acids is 2. The molecule has 3 aromatic rings. The second-order valence-electron chi connectivity index (χ2n) is 6.37. The Labute approximate surface area is 162 Å². The van der Waals surface area contributed by atoms with Crippen molar-refractivity contribution in [3.63, 3.8) is 0 Å². The van der Waals surface area contributed by atoms with Gasteiger partial charge in [0.1, 0.15) is 0 Å². The SMILES string of the molecule is O=C(NCc1cnn(-c2ccccc2)c1)Nc1cccc(N2CCNC2=O)c1. The van der Waals surface area contributed by atoms with E-state index in [-0.39, 0.29) is 12.1 Å². The molecule has 0 atom stereocenters. The molecule has 0 bridgehead atoms. The Morgan fingerprint density at radius 2 is 1.93 bits per heavy atom. The zero-order valence-corrected chi connectivity index (χ0v) is 15.1. The lowest BCUT2D eigenvalue weighted by molar-refractivity contribution is 0.251. The average molecular weight is 376 g/mol. The molecule has 1 saturated heterocycles. The molecule has 1 fully saturated rings. The number of anilines is 2. The first-order valence-electron chi connectivity index (χ1n) is 8.98. The fraction of sp³-hybridized carbons (Fsp3) is 0.150. The maximum absolute atomic E-state index is 12.2. The summed E-state index contributed by atoms with van der Waals surface area (Å²) in [7, 11) is 0. The van der Waals surface area contributed by atoms with Crippen LogP contribution in [0.25, 0.3) is 5.69 Å². The molecule has 1 aliphatic rings. The number of carbonyl (C=O) groups is 2. The van der Waals surface area contributed by atoms with E-state index >= 15 is 0 Å². The maximum atomic E-state index is 12.2. The van der Waals surface area contributed by atoms with Gasteiger partial charge in [0.05, 0.1) is 11.9 Å². The Morgan fingerprint density at radius 1 is 1.11 bits per heavy atom. The van der Waals surface area contributed by atoms with E-state index in [1.165, 1.54) is 0 Å². The Balaban J connectivity index is 1.34. The number of rotatable bonds is 5. The molecule has 0 radical (unpaired) electrons.